The van der Waals surface area contributed by atoms with E-state index in [-0.39, 0.29) is 17.0 Å². The number of benzene rings is 1. The molecule has 6 nitrogen and oxygen atoms in total. The second kappa shape index (κ2) is 6.88. The third kappa shape index (κ3) is 2.86. The minimum absolute atomic E-state index is 0.00657. The maximum Gasteiger partial charge on any atom is 0.338 e. The molecule has 1 aromatic carbocycles. The number of hydrogen-bond donors (Lipinski definition) is 1. The highest BCUT2D eigenvalue weighted by Gasteiger charge is 2.38. The maximum absolute atomic E-state index is 12.3. The van der Waals surface area contributed by atoms with Gasteiger partial charge in [0.1, 0.15) is 23.2 Å². The molecule has 2 rings (SSSR count). The first-order chi connectivity index (χ1) is 11.1. The number of carbonyl (C=O) groups is 1. The summed E-state index contributed by atoms with van der Waals surface area (Å²) >= 11 is 0. The molecule has 1 heterocycles. The van der Waals surface area contributed by atoms with Crippen LogP contribution in [0.1, 0.15) is 24.8 Å². The summed E-state index contributed by atoms with van der Waals surface area (Å²) in [5, 5.41) is 9.50. The highest BCUT2D eigenvalue weighted by atomic mass is 16.5. The number of methoxy groups -OCH3 is 2. The molecule has 1 atom stereocenters. The maximum atomic E-state index is 12.3. The lowest BCUT2D eigenvalue weighted by Gasteiger charge is -2.28. The van der Waals surface area contributed by atoms with E-state index in [1.807, 2.05) is 19.1 Å². The third-order valence-corrected chi connectivity index (χ3v) is 3.67. The molecule has 1 aromatic rings. The van der Waals surface area contributed by atoms with E-state index in [1.165, 1.54) is 14.2 Å². The van der Waals surface area contributed by atoms with Crippen molar-refractivity contribution in [3.05, 3.63) is 52.6 Å². The standard InChI is InChI=1S/C17H18N2O4/c1-4-12-15(17(20)22-3)14(11(9-18)16(19)23-12)10-7-5-6-8-13(10)21-2/h5-8,14H,4,19H2,1-3H3. The fraction of sp³-hybridized carbons (Fsp3) is 0.294. The van der Waals surface area contributed by atoms with Crippen molar-refractivity contribution in [1.29, 1.82) is 5.26 Å². The molecule has 1 aliphatic heterocycles. The Hall–Kier alpha value is -2.94. The topological polar surface area (TPSA) is 94.6 Å². The van der Waals surface area contributed by atoms with Gasteiger partial charge in [-0.2, -0.15) is 5.26 Å². The van der Waals surface area contributed by atoms with Crippen LogP contribution in [0.2, 0.25) is 0 Å². The number of nitrogens with zero attached hydrogens (tertiary/aromatic N) is 1. The Kier molecular flexibility index (Phi) is 4.91. The second-order valence-corrected chi connectivity index (χ2v) is 4.85. The number of carbonyl (C=O) groups excluding carboxylic acids is 1. The van der Waals surface area contributed by atoms with Gasteiger partial charge in [0, 0.05) is 12.0 Å². The van der Waals surface area contributed by atoms with Gasteiger partial charge in [-0.05, 0) is 6.07 Å². The number of rotatable bonds is 4. The van der Waals surface area contributed by atoms with Crippen LogP contribution in [-0.2, 0) is 14.3 Å². The average molecular weight is 314 g/mol. The van der Waals surface area contributed by atoms with E-state index in [4.69, 9.17) is 19.9 Å². The van der Waals surface area contributed by atoms with Gasteiger partial charge in [-0.25, -0.2) is 4.79 Å². The summed E-state index contributed by atoms with van der Waals surface area (Å²) in [6.07, 6.45) is 0.440. The molecule has 0 fully saturated rings. The Morgan fingerprint density at radius 3 is 2.65 bits per heavy atom. The number of ether oxygens (including phenoxy) is 3. The average Bonchev–Trinajstić information content (AvgIpc) is 2.59. The Morgan fingerprint density at radius 2 is 2.09 bits per heavy atom. The van der Waals surface area contributed by atoms with E-state index in [9.17, 15) is 10.1 Å². The van der Waals surface area contributed by atoms with Gasteiger partial charge in [0.05, 0.1) is 25.7 Å². The van der Waals surface area contributed by atoms with Crippen LogP contribution in [-0.4, -0.2) is 20.2 Å². The van der Waals surface area contributed by atoms with Crippen molar-refractivity contribution in [3.63, 3.8) is 0 Å². The molecular formula is C17H18N2O4. The fourth-order valence-electron chi connectivity index (χ4n) is 2.63. The smallest absolute Gasteiger partial charge is 0.338 e. The minimum Gasteiger partial charge on any atom is -0.496 e. The highest BCUT2D eigenvalue weighted by Crippen LogP contribution is 2.43. The quantitative estimate of drug-likeness (QED) is 0.857. The first-order valence-electron chi connectivity index (χ1n) is 7.10. The van der Waals surface area contributed by atoms with Crippen LogP contribution in [0.25, 0.3) is 0 Å². The van der Waals surface area contributed by atoms with Crippen molar-refractivity contribution in [2.75, 3.05) is 14.2 Å². The summed E-state index contributed by atoms with van der Waals surface area (Å²) in [4.78, 5) is 12.3. The Morgan fingerprint density at radius 1 is 1.39 bits per heavy atom. The van der Waals surface area contributed by atoms with Crippen LogP contribution in [0.3, 0.4) is 0 Å². The van der Waals surface area contributed by atoms with Crippen molar-refractivity contribution >= 4 is 5.97 Å². The van der Waals surface area contributed by atoms with Gasteiger partial charge in [-0.15, -0.1) is 0 Å². The zero-order valence-electron chi connectivity index (χ0n) is 13.3. The molecule has 0 radical (unpaired) electrons. The van der Waals surface area contributed by atoms with Gasteiger partial charge in [0.2, 0.25) is 5.88 Å². The van der Waals surface area contributed by atoms with Crippen molar-refractivity contribution in [2.45, 2.75) is 19.3 Å². The van der Waals surface area contributed by atoms with Crippen LogP contribution in [0.5, 0.6) is 5.75 Å². The van der Waals surface area contributed by atoms with E-state index in [1.54, 1.807) is 18.2 Å². The Balaban J connectivity index is 2.74. The summed E-state index contributed by atoms with van der Waals surface area (Å²) in [5.41, 5.74) is 6.97. The molecular weight excluding hydrogens is 296 g/mol. The van der Waals surface area contributed by atoms with Crippen LogP contribution in [0.4, 0.5) is 0 Å². The monoisotopic (exact) mass is 314 g/mol. The molecule has 0 saturated carbocycles. The third-order valence-electron chi connectivity index (χ3n) is 3.67. The molecule has 120 valence electrons. The minimum atomic E-state index is -0.688. The zero-order valence-corrected chi connectivity index (χ0v) is 13.3. The largest absolute Gasteiger partial charge is 0.496 e. The second-order valence-electron chi connectivity index (χ2n) is 4.85. The molecule has 0 aliphatic carbocycles. The summed E-state index contributed by atoms with van der Waals surface area (Å²) in [6.45, 7) is 1.84. The SMILES string of the molecule is CCC1=C(C(=O)OC)C(c2ccccc2OC)C(C#N)=C(N)O1. The van der Waals surface area contributed by atoms with Crippen LogP contribution in [0.15, 0.2) is 47.1 Å². The highest BCUT2D eigenvalue weighted by molar-refractivity contribution is 5.92. The Labute approximate surface area is 134 Å². The van der Waals surface area contributed by atoms with Crippen molar-refractivity contribution in [2.24, 2.45) is 5.73 Å². The first kappa shape index (κ1) is 16.4. The van der Waals surface area contributed by atoms with E-state index in [0.717, 1.165) is 0 Å². The number of nitrogens with two attached hydrogens (primary N) is 1. The molecule has 2 N–H and O–H groups in total. The molecule has 0 spiro atoms. The first-order valence-corrected chi connectivity index (χ1v) is 7.10. The van der Waals surface area contributed by atoms with Gasteiger partial charge in [-0.1, -0.05) is 25.1 Å². The molecule has 6 heteroatoms. The van der Waals surface area contributed by atoms with Crippen molar-refractivity contribution in [3.8, 4) is 11.8 Å². The molecule has 1 aliphatic rings. The lowest BCUT2D eigenvalue weighted by molar-refractivity contribution is -0.136. The molecule has 0 bridgehead atoms. The van der Waals surface area contributed by atoms with Crippen LogP contribution >= 0.6 is 0 Å². The molecule has 0 amide bonds. The van der Waals surface area contributed by atoms with E-state index >= 15 is 0 Å². The van der Waals surface area contributed by atoms with Gasteiger partial charge in [0.25, 0.3) is 0 Å². The molecule has 23 heavy (non-hydrogen) atoms. The van der Waals surface area contributed by atoms with Crippen molar-refractivity contribution < 1.29 is 19.0 Å². The van der Waals surface area contributed by atoms with Gasteiger partial charge in [-0.3, -0.25) is 0 Å². The number of nitriles is 1. The summed E-state index contributed by atoms with van der Waals surface area (Å²) in [5.74, 6) is -0.306. The predicted molar refractivity (Wildman–Crippen MR) is 83.0 cm³/mol. The fourth-order valence-corrected chi connectivity index (χ4v) is 2.63. The number of para-hydroxylation sites is 1. The lowest BCUT2D eigenvalue weighted by atomic mass is 9.82. The Bertz CT molecular complexity index is 728. The number of allylic oxidation sites excluding steroid dienone is 2. The molecule has 0 aromatic heterocycles. The van der Waals surface area contributed by atoms with Crippen LogP contribution in [0, 0.1) is 11.3 Å². The molecule has 1 unspecified atom stereocenters. The number of hydrogen-bond acceptors (Lipinski definition) is 6. The zero-order chi connectivity index (χ0) is 17.0. The van der Waals surface area contributed by atoms with Gasteiger partial charge < -0.3 is 19.9 Å². The van der Waals surface area contributed by atoms with Gasteiger partial charge in [0.15, 0.2) is 0 Å². The normalized spacial score (nSPS) is 17.4. The predicted octanol–water partition coefficient (Wildman–Crippen LogP) is 2.34. The van der Waals surface area contributed by atoms with E-state index < -0.39 is 11.9 Å². The summed E-state index contributed by atoms with van der Waals surface area (Å²) in [7, 11) is 2.81. The van der Waals surface area contributed by atoms with E-state index in [2.05, 4.69) is 0 Å². The van der Waals surface area contributed by atoms with Gasteiger partial charge >= 0.3 is 5.97 Å². The lowest BCUT2D eigenvalue weighted by Crippen LogP contribution is -2.26. The number of esters is 1. The molecule has 0 saturated heterocycles. The van der Waals surface area contributed by atoms with E-state index in [0.29, 0.717) is 23.5 Å². The van der Waals surface area contributed by atoms with Crippen molar-refractivity contribution in [1.82, 2.24) is 0 Å². The van der Waals surface area contributed by atoms with Crippen LogP contribution < -0.4 is 10.5 Å². The summed E-state index contributed by atoms with van der Waals surface area (Å²) in [6, 6.07) is 9.20. The summed E-state index contributed by atoms with van der Waals surface area (Å²) < 4.78 is 15.7.